The summed E-state index contributed by atoms with van der Waals surface area (Å²) in [6.07, 6.45) is 3.80. The molecule has 0 atom stereocenters. The van der Waals surface area contributed by atoms with Crippen LogP contribution in [0.1, 0.15) is 33.4 Å². The second-order valence-electron chi connectivity index (χ2n) is 4.22. The Kier molecular flexibility index (Phi) is 2.89. The molecule has 0 spiro atoms. The summed E-state index contributed by atoms with van der Waals surface area (Å²) in [4.78, 5) is 3.92. The van der Waals surface area contributed by atoms with Gasteiger partial charge in [0.05, 0.1) is 5.69 Å². The second-order valence-corrected chi connectivity index (χ2v) is 4.22. The van der Waals surface area contributed by atoms with Crippen molar-refractivity contribution in [1.29, 1.82) is 0 Å². The number of aliphatic imine (C=N–C) groups is 1. The molecular weight excluding hydrogens is 174 g/mol. The lowest BCUT2D eigenvalue weighted by Crippen LogP contribution is -2.12. The molecule has 14 heavy (non-hydrogen) atoms. The third-order valence-corrected chi connectivity index (χ3v) is 1.94. The molecule has 3 heteroatoms. The number of hydrogen-bond donors (Lipinski definition) is 0. The van der Waals surface area contributed by atoms with Crippen LogP contribution >= 0.6 is 0 Å². The van der Waals surface area contributed by atoms with Crippen LogP contribution in [0.5, 0.6) is 0 Å². The predicted octanol–water partition coefficient (Wildman–Crippen LogP) is 3.00. The minimum atomic E-state index is 0.0479. The smallest absolute Gasteiger partial charge is 0.154 e. The van der Waals surface area contributed by atoms with E-state index in [1.54, 1.807) is 4.68 Å². The Labute approximate surface area is 85.2 Å². The Morgan fingerprint density at radius 1 is 1.50 bits per heavy atom. The van der Waals surface area contributed by atoms with E-state index in [9.17, 15) is 0 Å². The molecule has 0 N–H and O–H groups in total. The quantitative estimate of drug-likeness (QED) is 0.661. The molecule has 1 rings (SSSR count). The maximum atomic E-state index is 4.44. The normalized spacial score (nSPS) is 12.3. The molecule has 0 saturated carbocycles. The van der Waals surface area contributed by atoms with Crippen molar-refractivity contribution in [3.63, 3.8) is 0 Å². The molecule has 0 radical (unpaired) electrons. The summed E-state index contributed by atoms with van der Waals surface area (Å²) >= 11 is 0. The molecule has 3 nitrogen and oxygen atoms in total. The number of nitrogens with zero attached hydrogens (tertiary/aromatic N) is 3. The maximum absolute atomic E-state index is 4.44. The zero-order valence-electron chi connectivity index (χ0n) is 9.28. The molecule has 76 valence electrons. The fourth-order valence-corrected chi connectivity index (χ4v) is 1.12. The van der Waals surface area contributed by atoms with Crippen molar-refractivity contribution in [2.75, 3.05) is 0 Å². The highest BCUT2D eigenvalue weighted by Gasteiger charge is 2.18. The molecule has 0 aliphatic rings. The average Bonchev–Trinajstić information content (AvgIpc) is 2.47. The molecule has 1 aromatic heterocycles. The number of hydrogen-bond acceptors (Lipinski definition) is 2. The standard InChI is InChI=1S/C11H17N3/c1-6-7-14-10(12-5)8-9(13-14)11(2,3)4/h6-8H,5H2,1-4H3/b7-6-. The average molecular weight is 191 g/mol. The number of allylic oxidation sites excluding steroid dienone is 1. The van der Waals surface area contributed by atoms with Crippen molar-refractivity contribution >= 4 is 18.7 Å². The van der Waals surface area contributed by atoms with E-state index >= 15 is 0 Å². The molecule has 0 unspecified atom stereocenters. The molecular formula is C11H17N3. The van der Waals surface area contributed by atoms with Gasteiger partial charge in [-0.1, -0.05) is 26.8 Å². The Bertz CT molecular complexity index is 353. The van der Waals surface area contributed by atoms with Crippen molar-refractivity contribution in [2.45, 2.75) is 33.1 Å². The maximum Gasteiger partial charge on any atom is 0.154 e. The van der Waals surface area contributed by atoms with Gasteiger partial charge in [0, 0.05) is 17.7 Å². The lowest BCUT2D eigenvalue weighted by Gasteiger charge is -2.13. The van der Waals surface area contributed by atoms with Crippen LogP contribution in [-0.2, 0) is 5.41 Å². The summed E-state index contributed by atoms with van der Waals surface area (Å²) in [6, 6.07) is 1.97. The Hall–Kier alpha value is -1.38. The van der Waals surface area contributed by atoms with Gasteiger partial charge >= 0.3 is 0 Å². The van der Waals surface area contributed by atoms with E-state index in [0.29, 0.717) is 0 Å². The van der Waals surface area contributed by atoms with Gasteiger partial charge in [0.1, 0.15) is 0 Å². The highest BCUT2D eigenvalue weighted by atomic mass is 15.3. The van der Waals surface area contributed by atoms with E-state index in [0.717, 1.165) is 11.5 Å². The fourth-order valence-electron chi connectivity index (χ4n) is 1.12. The molecule has 0 saturated heterocycles. The van der Waals surface area contributed by atoms with Gasteiger partial charge in [-0.25, -0.2) is 9.67 Å². The predicted molar refractivity (Wildman–Crippen MR) is 61.1 cm³/mol. The first kappa shape index (κ1) is 10.7. The lowest BCUT2D eigenvalue weighted by molar-refractivity contribution is 0.562. The summed E-state index contributed by atoms with van der Waals surface area (Å²) in [5, 5.41) is 4.44. The highest BCUT2D eigenvalue weighted by Crippen LogP contribution is 2.25. The van der Waals surface area contributed by atoms with Crippen LogP contribution in [0.2, 0.25) is 0 Å². The second kappa shape index (κ2) is 3.78. The SMILES string of the molecule is C=Nc1cc(C(C)(C)C)nn1/C=C\C. The van der Waals surface area contributed by atoms with Gasteiger partial charge in [-0.05, 0) is 13.6 Å². The molecule has 1 aromatic rings. The van der Waals surface area contributed by atoms with Crippen LogP contribution in [0.15, 0.2) is 17.1 Å². The minimum absolute atomic E-state index is 0.0479. The zero-order valence-corrected chi connectivity index (χ0v) is 9.28. The van der Waals surface area contributed by atoms with Gasteiger partial charge in [-0.15, -0.1) is 0 Å². The molecule has 0 aliphatic carbocycles. The molecule has 0 amide bonds. The third-order valence-electron chi connectivity index (χ3n) is 1.94. The van der Waals surface area contributed by atoms with Crippen molar-refractivity contribution in [3.8, 4) is 0 Å². The lowest BCUT2D eigenvalue weighted by atomic mass is 9.92. The highest BCUT2D eigenvalue weighted by molar-refractivity contribution is 5.46. The molecule has 0 bridgehead atoms. The monoisotopic (exact) mass is 191 g/mol. The van der Waals surface area contributed by atoms with E-state index in [2.05, 4.69) is 37.6 Å². The molecule has 1 heterocycles. The Balaban J connectivity index is 3.19. The van der Waals surface area contributed by atoms with Crippen molar-refractivity contribution < 1.29 is 0 Å². The minimum Gasteiger partial charge on any atom is -0.245 e. The Morgan fingerprint density at radius 3 is 2.57 bits per heavy atom. The molecule has 0 aliphatic heterocycles. The van der Waals surface area contributed by atoms with Crippen molar-refractivity contribution in [3.05, 3.63) is 17.8 Å². The first-order valence-electron chi connectivity index (χ1n) is 4.68. The molecule has 0 fully saturated rings. The van der Waals surface area contributed by atoms with Crippen LogP contribution in [0, 0.1) is 0 Å². The van der Waals surface area contributed by atoms with Crippen molar-refractivity contribution in [2.24, 2.45) is 4.99 Å². The first-order chi connectivity index (χ1) is 6.49. The number of rotatable bonds is 2. The summed E-state index contributed by atoms with van der Waals surface area (Å²) in [5.41, 5.74) is 1.07. The van der Waals surface area contributed by atoms with E-state index in [-0.39, 0.29) is 5.41 Å². The van der Waals surface area contributed by atoms with E-state index in [1.165, 1.54) is 0 Å². The molecule has 0 aromatic carbocycles. The van der Waals surface area contributed by atoms with Gasteiger partial charge in [-0.3, -0.25) is 0 Å². The van der Waals surface area contributed by atoms with Gasteiger partial charge in [0.25, 0.3) is 0 Å². The zero-order chi connectivity index (χ0) is 10.8. The Morgan fingerprint density at radius 2 is 2.14 bits per heavy atom. The van der Waals surface area contributed by atoms with Gasteiger partial charge in [-0.2, -0.15) is 5.10 Å². The van der Waals surface area contributed by atoms with Crippen LogP contribution in [0.3, 0.4) is 0 Å². The number of aromatic nitrogens is 2. The fraction of sp³-hybridized carbons (Fsp3) is 0.455. The first-order valence-corrected chi connectivity index (χ1v) is 4.68. The summed E-state index contributed by atoms with van der Waals surface area (Å²) < 4.78 is 1.74. The van der Waals surface area contributed by atoms with Crippen molar-refractivity contribution in [1.82, 2.24) is 9.78 Å². The summed E-state index contributed by atoms with van der Waals surface area (Å²) in [7, 11) is 0. The third kappa shape index (κ3) is 2.10. The van der Waals surface area contributed by atoms with E-state index in [4.69, 9.17) is 0 Å². The summed E-state index contributed by atoms with van der Waals surface area (Å²) in [5.74, 6) is 0.785. The topological polar surface area (TPSA) is 30.2 Å². The summed E-state index contributed by atoms with van der Waals surface area (Å²) in [6.45, 7) is 11.9. The van der Waals surface area contributed by atoms with Gasteiger partial charge in [0.2, 0.25) is 0 Å². The van der Waals surface area contributed by atoms with E-state index < -0.39 is 0 Å². The van der Waals surface area contributed by atoms with Crippen LogP contribution in [-0.4, -0.2) is 16.5 Å². The van der Waals surface area contributed by atoms with Gasteiger partial charge in [0.15, 0.2) is 5.82 Å². The van der Waals surface area contributed by atoms with E-state index in [1.807, 2.05) is 25.3 Å². The van der Waals surface area contributed by atoms with Crippen LogP contribution in [0.25, 0.3) is 6.20 Å². The largest absolute Gasteiger partial charge is 0.245 e. The van der Waals surface area contributed by atoms with Crippen LogP contribution < -0.4 is 0 Å². The van der Waals surface area contributed by atoms with Gasteiger partial charge < -0.3 is 0 Å². The van der Waals surface area contributed by atoms with Crippen LogP contribution in [0.4, 0.5) is 5.82 Å².